The summed E-state index contributed by atoms with van der Waals surface area (Å²) in [6, 6.07) is 18.1. The lowest BCUT2D eigenvalue weighted by Crippen LogP contribution is -2.31. The molecule has 8 heteroatoms. The van der Waals surface area contributed by atoms with Crippen LogP contribution in [0.1, 0.15) is 29.3 Å². The number of ether oxygens (including phenoxy) is 1. The number of carbonyl (C=O) groups is 1. The van der Waals surface area contributed by atoms with Crippen molar-refractivity contribution in [1.29, 1.82) is 0 Å². The normalized spacial score (nSPS) is 15.3. The Morgan fingerprint density at radius 1 is 1.15 bits per heavy atom. The molecule has 1 amide bonds. The van der Waals surface area contributed by atoms with Crippen molar-refractivity contribution >= 4 is 28.9 Å². The molecule has 7 nitrogen and oxygen atoms in total. The number of benzene rings is 2. The fraction of sp³-hybridized carbons (Fsp3) is 0.115. The minimum atomic E-state index is -0.354. The maximum atomic E-state index is 13.3. The Morgan fingerprint density at radius 2 is 1.97 bits per heavy atom. The van der Waals surface area contributed by atoms with Crippen LogP contribution in [-0.2, 0) is 4.79 Å². The van der Waals surface area contributed by atoms with E-state index >= 15 is 0 Å². The van der Waals surface area contributed by atoms with Crippen LogP contribution < -0.4 is 4.74 Å². The Balaban J connectivity index is 1.37. The number of carbonyl (C=O) groups excluding carboxylic acids is 1. The van der Waals surface area contributed by atoms with Crippen molar-refractivity contribution in [3.63, 3.8) is 0 Å². The minimum Gasteiger partial charge on any atom is -0.483 e. The lowest BCUT2D eigenvalue weighted by molar-refractivity contribution is -0.135. The zero-order valence-electron chi connectivity index (χ0n) is 18.2. The Hall–Kier alpha value is -4.10. The van der Waals surface area contributed by atoms with E-state index in [4.69, 9.17) is 20.8 Å². The van der Waals surface area contributed by atoms with E-state index in [1.807, 2.05) is 36.4 Å². The SMILES string of the molecule is C=C(c1ccccc1OCC(=O)N1N=C(c2ccc(Cl)cc2)CC1c1ccco1)n1ccnc1. The zero-order valence-corrected chi connectivity index (χ0v) is 18.9. The van der Waals surface area contributed by atoms with Gasteiger partial charge in [-0.25, -0.2) is 9.99 Å². The number of amides is 1. The Kier molecular flexibility index (Phi) is 6.01. The molecule has 1 aliphatic heterocycles. The second-order valence-electron chi connectivity index (χ2n) is 7.73. The lowest BCUT2D eigenvalue weighted by atomic mass is 10.0. The van der Waals surface area contributed by atoms with Crippen LogP contribution in [0.4, 0.5) is 0 Å². The molecular formula is C26H21ClN4O3. The summed E-state index contributed by atoms with van der Waals surface area (Å²) in [7, 11) is 0. The smallest absolute Gasteiger partial charge is 0.281 e. The predicted molar refractivity (Wildman–Crippen MR) is 129 cm³/mol. The van der Waals surface area contributed by atoms with Gasteiger partial charge in [0.1, 0.15) is 17.6 Å². The van der Waals surface area contributed by atoms with Gasteiger partial charge in [0.05, 0.1) is 24.0 Å². The third kappa shape index (κ3) is 4.38. The summed E-state index contributed by atoms with van der Waals surface area (Å²) >= 11 is 6.03. The van der Waals surface area contributed by atoms with Crippen molar-refractivity contribution in [3.8, 4) is 5.75 Å². The van der Waals surface area contributed by atoms with E-state index in [9.17, 15) is 4.79 Å². The van der Waals surface area contributed by atoms with Crippen molar-refractivity contribution in [2.24, 2.45) is 5.10 Å². The second kappa shape index (κ2) is 9.41. The van der Waals surface area contributed by atoms with E-state index in [-0.39, 0.29) is 18.6 Å². The highest BCUT2D eigenvalue weighted by molar-refractivity contribution is 6.30. The first-order valence-corrected chi connectivity index (χ1v) is 11.1. The van der Waals surface area contributed by atoms with Gasteiger partial charge in [-0.2, -0.15) is 5.10 Å². The van der Waals surface area contributed by atoms with E-state index in [1.165, 1.54) is 5.01 Å². The molecule has 2 aromatic carbocycles. The predicted octanol–water partition coefficient (Wildman–Crippen LogP) is 5.41. The second-order valence-corrected chi connectivity index (χ2v) is 8.17. The molecule has 0 saturated heterocycles. The largest absolute Gasteiger partial charge is 0.483 e. The average Bonchev–Trinajstić information content (AvgIpc) is 3.64. The van der Waals surface area contributed by atoms with Crippen LogP contribution in [0.15, 0.2) is 102 Å². The van der Waals surface area contributed by atoms with E-state index < -0.39 is 0 Å². The molecule has 5 rings (SSSR count). The van der Waals surface area contributed by atoms with Crippen molar-refractivity contribution < 1.29 is 13.9 Å². The topological polar surface area (TPSA) is 72.9 Å². The highest BCUT2D eigenvalue weighted by Crippen LogP contribution is 2.34. The summed E-state index contributed by atoms with van der Waals surface area (Å²) in [6.45, 7) is 3.94. The first kappa shape index (κ1) is 21.7. The first-order valence-electron chi connectivity index (χ1n) is 10.7. The van der Waals surface area contributed by atoms with Crippen LogP contribution in [0.3, 0.4) is 0 Å². The minimum absolute atomic E-state index is 0.192. The quantitative estimate of drug-likeness (QED) is 0.360. The molecule has 0 spiro atoms. The molecule has 3 heterocycles. The maximum Gasteiger partial charge on any atom is 0.281 e. The molecule has 0 bridgehead atoms. The third-order valence-electron chi connectivity index (χ3n) is 5.58. The number of rotatable bonds is 7. The fourth-order valence-electron chi connectivity index (χ4n) is 3.85. The van der Waals surface area contributed by atoms with Crippen molar-refractivity contribution in [3.05, 3.63) is 114 Å². The van der Waals surface area contributed by atoms with Gasteiger partial charge < -0.3 is 13.7 Å². The number of aromatic nitrogens is 2. The number of imidazole rings is 1. The number of halogens is 1. The molecule has 0 saturated carbocycles. The summed E-state index contributed by atoms with van der Waals surface area (Å²) < 4.78 is 13.3. The van der Waals surface area contributed by atoms with Gasteiger partial charge in [0.2, 0.25) is 0 Å². The molecule has 4 aromatic rings. The van der Waals surface area contributed by atoms with Gasteiger partial charge in [0.15, 0.2) is 6.61 Å². The average molecular weight is 473 g/mol. The Bertz CT molecular complexity index is 1330. The van der Waals surface area contributed by atoms with Gasteiger partial charge in [-0.3, -0.25) is 4.79 Å². The van der Waals surface area contributed by atoms with E-state index in [1.54, 1.807) is 53.8 Å². The molecular weight excluding hydrogens is 452 g/mol. The van der Waals surface area contributed by atoms with Crippen molar-refractivity contribution in [2.75, 3.05) is 6.61 Å². The van der Waals surface area contributed by atoms with Crippen LogP contribution in [0.25, 0.3) is 5.70 Å². The monoisotopic (exact) mass is 472 g/mol. The van der Waals surface area contributed by atoms with Crippen LogP contribution in [-0.4, -0.2) is 32.8 Å². The molecule has 1 unspecified atom stereocenters. The van der Waals surface area contributed by atoms with E-state index in [2.05, 4.69) is 16.7 Å². The standard InChI is InChI=1S/C26H21ClN4O3/c1-18(30-13-12-28-17-30)21-5-2-3-6-24(21)34-16-26(32)31-23(25-7-4-14-33-25)15-22(29-31)19-8-10-20(27)11-9-19/h2-14,17,23H,1,15-16H2. The van der Waals surface area contributed by atoms with Gasteiger partial charge in [-0.15, -0.1) is 0 Å². The number of hydrogen-bond donors (Lipinski definition) is 0. The Morgan fingerprint density at radius 3 is 2.71 bits per heavy atom. The summed E-state index contributed by atoms with van der Waals surface area (Å²) in [5.74, 6) is 0.925. The van der Waals surface area contributed by atoms with Gasteiger partial charge in [-0.1, -0.05) is 42.4 Å². The molecule has 1 atom stereocenters. The molecule has 0 N–H and O–H groups in total. The number of nitrogens with zero attached hydrogens (tertiary/aromatic N) is 4. The highest BCUT2D eigenvalue weighted by Gasteiger charge is 2.35. The molecule has 1 aliphatic rings. The maximum absolute atomic E-state index is 13.3. The lowest BCUT2D eigenvalue weighted by Gasteiger charge is -2.20. The van der Waals surface area contributed by atoms with Gasteiger partial charge in [0.25, 0.3) is 5.91 Å². The Labute approximate surface area is 201 Å². The molecule has 0 fully saturated rings. The number of hydrazone groups is 1. The van der Waals surface area contributed by atoms with Crippen LogP contribution in [0.5, 0.6) is 5.75 Å². The zero-order chi connectivity index (χ0) is 23.5. The molecule has 0 aliphatic carbocycles. The molecule has 34 heavy (non-hydrogen) atoms. The van der Waals surface area contributed by atoms with Gasteiger partial charge in [-0.05, 0) is 42.0 Å². The van der Waals surface area contributed by atoms with Crippen LogP contribution in [0.2, 0.25) is 5.02 Å². The highest BCUT2D eigenvalue weighted by atomic mass is 35.5. The number of furan rings is 1. The summed E-state index contributed by atoms with van der Waals surface area (Å²) in [6.07, 6.45) is 7.25. The van der Waals surface area contributed by atoms with E-state index in [0.717, 1.165) is 16.8 Å². The van der Waals surface area contributed by atoms with Gasteiger partial charge in [0, 0.05) is 29.4 Å². The summed E-state index contributed by atoms with van der Waals surface area (Å²) in [5.41, 5.74) is 3.14. The number of para-hydroxylation sites is 1. The van der Waals surface area contributed by atoms with E-state index in [0.29, 0.717) is 28.7 Å². The third-order valence-corrected chi connectivity index (χ3v) is 5.83. The first-order chi connectivity index (χ1) is 16.6. The summed E-state index contributed by atoms with van der Waals surface area (Å²) in [5, 5.41) is 6.70. The van der Waals surface area contributed by atoms with Crippen molar-refractivity contribution in [2.45, 2.75) is 12.5 Å². The van der Waals surface area contributed by atoms with Crippen LogP contribution in [0, 0.1) is 0 Å². The summed E-state index contributed by atoms with van der Waals surface area (Å²) in [4.78, 5) is 17.3. The van der Waals surface area contributed by atoms with Crippen molar-refractivity contribution in [1.82, 2.24) is 14.6 Å². The fourth-order valence-corrected chi connectivity index (χ4v) is 3.98. The van der Waals surface area contributed by atoms with Crippen LogP contribution >= 0.6 is 11.6 Å². The molecule has 170 valence electrons. The molecule has 2 aromatic heterocycles. The molecule has 0 radical (unpaired) electrons. The van der Waals surface area contributed by atoms with Gasteiger partial charge >= 0.3 is 0 Å². The number of hydrogen-bond acceptors (Lipinski definition) is 5.